The Balaban J connectivity index is 2.32. The van der Waals surface area contributed by atoms with Crippen LogP contribution in [0.1, 0.15) is 24.0 Å². The number of nitrogens with two attached hydrogens (primary N) is 1. The molecule has 0 saturated heterocycles. The molecule has 0 aliphatic carbocycles. The summed E-state index contributed by atoms with van der Waals surface area (Å²) in [5.74, 6) is -0.918. The number of hydrogen-bond acceptors (Lipinski definition) is 2. The Morgan fingerprint density at radius 1 is 1.40 bits per heavy atom. The third-order valence-electron chi connectivity index (χ3n) is 2.42. The van der Waals surface area contributed by atoms with E-state index in [0.29, 0.717) is 6.42 Å². The first-order chi connectivity index (χ1) is 7.09. The largest absolute Gasteiger partial charge is 0.480 e. The SMILES string of the molecule is Cc1ccc(CCCC(N)C(=O)O)cc1. The van der Waals surface area contributed by atoms with Crippen LogP contribution in [0.5, 0.6) is 0 Å². The van der Waals surface area contributed by atoms with Gasteiger partial charge in [0.15, 0.2) is 0 Å². The molecule has 1 rings (SSSR count). The van der Waals surface area contributed by atoms with Crippen LogP contribution in [0.4, 0.5) is 0 Å². The first kappa shape index (κ1) is 11.7. The van der Waals surface area contributed by atoms with Crippen molar-refractivity contribution in [2.45, 2.75) is 32.2 Å². The van der Waals surface area contributed by atoms with E-state index in [4.69, 9.17) is 10.8 Å². The minimum atomic E-state index is -0.918. The summed E-state index contributed by atoms with van der Waals surface area (Å²) in [4.78, 5) is 10.5. The minimum Gasteiger partial charge on any atom is -0.480 e. The minimum absolute atomic E-state index is 0.531. The van der Waals surface area contributed by atoms with Crippen LogP contribution < -0.4 is 5.73 Å². The smallest absolute Gasteiger partial charge is 0.320 e. The molecule has 1 aromatic rings. The van der Waals surface area contributed by atoms with Gasteiger partial charge in [-0.25, -0.2) is 0 Å². The highest BCUT2D eigenvalue weighted by atomic mass is 16.4. The van der Waals surface area contributed by atoms with E-state index < -0.39 is 12.0 Å². The lowest BCUT2D eigenvalue weighted by atomic mass is 10.0. The quantitative estimate of drug-likeness (QED) is 0.772. The van der Waals surface area contributed by atoms with E-state index in [1.807, 2.05) is 6.92 Å². The molecule has 15 heavy (non-hydrogen) atoms. The lowest BCUT2D eigenvalue weighted by Crippen LogP contribution is -2.29. The summed E-state index contributed by atoms with van der Waals surface area (Å²) < 4.78 is 0. The molecule has 0 bridgehead atoms. The molecule has 0 aliphatic rings. The molecular weight excluding hydrogens is 190 g/mol. The van der Waals surface area contributed by atoms with Crippen molar-refractivity contribution in [3.63, 3.8) is 0 Å². The number of hydrogen-bond donors (Lipinski definition) is 2. The van der Waals surface area contributed by atoms with Gasteiger partial charge in [0.2, 0.25) is 0 Å². The van der Waals surface area contributed by atoms with Gasteiger partial charge in [-0.15, -0.1) is 0 Å². The van der Waals surface area contributed by atoms with Crippen molar-refractivity contribution >= 4 is 5.97 Å². The summed E-state index contributed by atoms with van der Waals surface area (Å²) in [5.41, 5.74) is 7.88. The summed E-state index contributed by atoms with van der Waals surface area (Å²) in [5, 5.41) is 8.59. The van der Waals surface area contributed by atoms with Crippen molar-refractivity contribution in [2.75, 3.05) is 0 Å². The molecule has 0 fully saturated rings. The molecule has 3 N–H and O–H groups in total. The van der Waals surface area contributed by atoms with Crippen LogP contribution in [0.15, 0.2) is 24.3 Å². The van der Waals surface area contributed by atoms with Crippen molar-refractivity contribution in [3.05, 3.63) is 35.4 Å². The van der Waals surface area contributed by atoms with Crippen molar-refractivity contribution < 1.29 is 9.90 Å². The molecule has 3 nitrogen and oxygen atoms in total. The Kier molecular flexibility index (Phi) is 4.31. The molecule has 0 aromatic heterocycles. The maximum atomic E-state index is 10.5. The fraction of sp³-hybridized carbons (Fsp3) is 0.417. The maximum Gasteiger partial charge on any atom is 0.320 e. The predicted octanol–water partition coefficient (Wildman–Crippen LogP) is 1.73. The average Bonchev–Trinajstić information content (AvgIpc) is 2.20. The van der Waals surface area contributed by atoms with Crippen LogP contribution in [-0.4, -0.2) is 17.1 Å². The molecule has 3 heteroatoms. The lowest BCUT2D eigenvalue weighted by Gasteiger charge is -2.06. The summed E-state index contributed by atoms with van der Waals surface area (Å²) in [6.07, 6.45) is 2.24. The van der Waals surface area contributed by atoms with Gasteiger partial charge < -0.3 is 10.8 Å². The van der Waals surface area contributed by atoms with E-state index in [2.05, 4.69) is 24.3 Å². The van der Waals surface area contributed by atoms with Crippen molar-refractivity contribution in [2.24, 2.45) is 5.73 Å². The lowest BCUT2D eigenvalue weighted by molar-refractivity contribution is -0.138. The van der Waals surface area contributed by atoms with Crippen molar-refractivity contribution in [1.29, 1.82) is 0 Å². The second-order valence-corrected chi connectivity index (χ2v) is 3.82. The highest BCUT2D eigenvalue weighted by Gasteiger charge is 2.09. The maximum absolute atomic E-state index is 10.5. The Hall–Kier alpha value is -1.35. The number of carboxylic acids is 1. The van der Waals surface area contributed by atoms with Crippen LogP contribution in [-0.2, 0) is 11.2 Å². The molecular formula is C12H17NO2. The van der Waals surface area contributed by atoms with E-state index in [0.717, 1.165) is 12.8 Å². The topological polar surface area (TPSA) is 63.3 Å². The third kappa shape index (κ3) is 4.13. The predicted molar refractivity (Wildman–Crippen MR) is 59.7 cm³/mol. The van der Waals surface area contributed by atoms with Gasteiger partial charge in [0, 0.05) is 0 Å². The van der Waals surface area contributed by atoms with Gasteiger partial charge in [-0.1, -0.05) is 29.8 Å². The summed E-state index contributed by atoms with van der Waals surface area (Å²) in [7, 11) is 0. The summed E-state index contributed by atoms with van der Waals surface area (Å²) in [6.45, 7) is 2.05. The van der Waals surface area contributed by atoms with Gasteiger partial charge >= 0.3 is 5.97 Å². The van der Waals surface area contributed by atoms with E-state index >= 15 is 0 Å². The molecule has 1 atom stereocenters. The van der Waals surface area contributed by atoms with E-state index in [9.17, 15) is 4.79 Å². The number of benzene rings is 1. The second-order valence-electron chi connectivity index (χ2n) is 3.82. The van der Waals surface area contributed by atoms with Gasteiger partial charge in [0.1, 0.15) is 6.04 Å². The van der Waals surface area contributed by atoms with Crippen LogP contribution >= 0.6 is 0 Å². The molecule has 1 unspecified atom stereocenters. The first-order valence-corrected chi connectivity index (χ1v) is 5.13. The Morgan fingerprint density at radius 3 is 2.53 bits per heavy atom. The first-order valence-electron chi connectivity index (χ1n) is 5.13. The fourth-order valence-corrected chi connectivity index (χ4v) is 1.40. The third-order valence-corrected chi connectivity index (χ3v) is 2.42. The zero-order chi connectivity index (χ0) is 11.3. The molecule has 0 saturated carbocycles. The monoisotopic (exact) mass is 207 g/mol. The Labute approximate surface area is 89.9 Å². The molecule has 0 aliphatic heterocycles. The number of aliphatic carboxylic acids is 1. The van der Waals surface area contributed by atoms with Crippen LogP contribution in [0.2, 0.25) is 0 Å². The highest BCUT2D eigenvalue weighted by Crippen LogP contribution is 2.08. The zero-order valence-electron chi connectivity index (χ0n) is 8.94. The van der Waals surface area contributed by atoms with E-state index in [-0.39, 0.29) is 0 Å². The second kappa shape index (κ2) is 5.51. The van der Waals surface area contributed by atoms with Crippen LogP contribution in [0, 0.1) is 6.92 Å². The van der Waals surface area contributed by atoms with Crippen LogP contribution in [0.25, 0.3) is 0 Å². The van der Waals surface area contributed by atoms with Crippen molar-refractivity contribution in [3.8, 4) is 0 Å². The molecule has 0 spiro atoms. The normalized spacial score (nSPS) is 12.4. The van der Waals surface area contributed by atoms with Crippen molar-refractivity contribution in [1.82, 2.24) is 0 Å². The van der Waals surface area contributed by atoms with Gasteiger partial charge in [0.05, 0.1) is 0 Å². The van der Waals surface area contributed by atoms with Gasteiger partial charge in [-0.3, -0.25) is 4.79 Å². The number of carboxylic acid groups (broad SMARTS) is 1. The highest BCUT2D eigenvalue weighted by molar-refractivity contribution is 5.72. The van der Waals surface area contributed by atoms with E-state index in [1.165, 1.54) is 11.1 Å². The molecule has 1 aromatic carbocycles. The number of rotatable bonds is 5. The standard InChI is InChI=1S/C12H17NO2/c1-9-5-7-10(8-6-9)3-2-4-11(13)12(14)15/h5-8,11H,2-4,13H2,1H3,(H,14,15). The van der Waals surface area contributed by atoms with Crippen LogP contribution in [0.3, 0.4) is 0 Å². The molecule has 0 heterocycles. The Morgan fingerprint density at radius 2 is 2.00 bits per heavy atom. The summed E-state index contributed by atoms with van der Waals surface area (Å²) in [6, 6.07) is 7.54. The van der Waals surface area contributed by atoms with Gasteiger partial charge in [0.25, 0.3) is 0 Å². The molecule has 0 amide bonds. The number of aryl methyl sites for hydroxylation is 2. The zero-order valence-corrected chi connectivity index (χ0v) is 8.94. The molecule has 82 valence electrons. The average molecular weight is 207 g/mol. The molecule has 0 radical (unpaired) electrons. The van der Waals surface area contributed by atoms with Gasteiger partial charge in [-0.2, -0.15) is 0 Å². The number of carbonyl (C=O) groups is 1. The summed E-state index contributed by atoms with van der Waals surface area (Å²) >= 11 is 0. The van der Waals surface area contributed by atoms with Gasteiger partial charge in [-0.05, 0) is 31.7 Å². The fourth-order valence-electron chi connectivity index (χ4n) is 1.40. The van der Waals surface area contributed by atoms with E-state index in [1.54, 1.807) is 0 Å². The Bertz CT molecular complexity index is 319.